The highest BCUT2D eigenvalue weighted by molar-refractivity contribution is 7.89. The number of pyridine rings is 2. The van der Waals surface area contributed by atoms with E-state index in [2.05, 4.69) is 14.7 Å². The van der Waals surface area contributed by atoms with Crippen molar-refractivity contribution in [2.45, 2.75) is 18.4 Å². The maximum Gasteiger partial charge on any atom is 0.243 e. The second-order valence-electron chi connectivity index (χ2n) is 3.93. The van der Waals surface area contributed by atoms with Crippen LogP contribution in [0.3, 0.4) is 0 Å². The van der Waals surface area contributed by atoms with E-state index in [1.807, 2.05) is 13.0 Å². The number of hydrogen-bond acceptors (Lipinski definition) is 4. The first kappa shape index (κ1) is 13.9. The summed E-state index contributed by atoms with van der Waals surface area (Å²) in [6.45, 7) is 2.05. The molecule has 0 aromatic carbocycles. The summed E-state index contributed by atoms with van der Waals surface area (Å²) in [6.07, 6.45) is 5.95. The minimum atomic E-state index is -3.68. The fourth-order valence-corrected chi connectivity index (χ4v) is 2.93. The number of sulfonamides is 1. The summed E-state index contributed by atoms with van der Waals surface area (Å²) < 4.78 is 26.6. The number of hydrogen-bond donors (Lipinski definition) is 1. The summed E-state index contributed by atoms with van der Waals surface area (Å²) in [7, 11) is -3.68. The van der Waals surface area contributed by atoms with Crippen molar-refractivity contribution in [2.75, 3.05) is 0 Å². The van der Waals surface area contributed by atoms with Crippen LogP contribution in [0.15, 0.2) is 41.8 Å². The highest BCUT2D eigenvalue weighted by Gasteiger charge is 2.17. The van der Waals surface area contributed by atoms with Gasteiger partial charge in [0, 0.05) is 31.3 Å². The lowest BCUT2D eigenvalue weighted by Gasteiger charge is -2.09. The van der Waals surface area contributed by atoms with E-state index in [1.165, 1.54) is 18.5 Å². The van der Waals surface area contributed by atoms with Gasteiger partial charge in [0.15, 0.2) is 0 Å². The monoisotopic (exact) mass is 297 g/mol. The van der Waals surface area contributed by atoms with E-state index in [0.29, 0.717) is 0 Å². The smallest absolute Gasteiger partial charge is 0.243 e. The van der Waals surface area contributed by atoms with Crippen molar-refractivity contribution in [3.63, 3.8) is 0 Å². The Kier molecular flexibility index (Phi) is 4.14. The quantitative estimate of drug-likeness (QED) is 0.936. The first-order valence-corrected chi connectivity index (χ1v) is 7.35. The Bertz CT molecular complexity index is 689. The van der Waals surface area contributed by atoms with E-state index in [9.17, 15) is 8.42 Å². The van der Waals surface area contributed by atoms with Crippen LogP contribution in [0.2, 0.25) is 5.02 Å². The van der Waals surface area contributed by atoms with Gasteiger partial charge in [-0.15, -0.1) is 0 Å². The van der Waals surface area contributed by atoms with Crippen LogP contribution >= 0.6 is 11.6 Å². The van der Waals surface area contributed by atoms with Gasteiger partial charge < -0.3 is 0 Å². The lowest BCUT2D eigenvalue weighted by Crippen LogP contribution is -2.24. The van der Waals surface area contributed by atoms with Crippen LogP contribution in [0.4, 0.5) is 0 Å². The van der Waals surface area contributed by atoms with E-state index in [4.69, 9.17) is 11.6 Å². The number of nitrogens with zero attached hydrogens (tertiary/aromatic N) is 2. The minimum absolute atomic E-state index is 0.0294. The Morgan fingerprint density at radius 1 is 1.21 bits per heavy atom. The van der Waals surface area contributed by atoms with Crippen LogP contribution < -0.4 is 4.72 Å². The van der Waals surface area contributed by atoms with Gasteiger partial charge in [0.1, 0.15) is 4.90 Å². The predicted molar refractivity (Wildman–Crippen MR) is 72.2 cm³/mol. The number of halogens is 1. The molecule has 19 heavy (non-hydrogen) atoms. The molecule has 0 aliphatic rings. The van der Waals surface area contributed by atoms with Crippen LogP contribution in [0.1, 0.15) is 11.1 Å². The van der Waals surface area contributed by atoms with Crippen molar-refractivity contribution in [1.29, 1.82) is 0 Å². The van der Waals surface area contributed by atoms with Crippen molar-refractivity contribution in [2.24, 2.45) is 0 Å². The fraction of sp³-hybridized carbons (Fsp3) is 0.167. The Hall–Kier alpha value is -1.50. The number of aromatic nitrogens is 2. The normalized spacial score (nSPS) is 11.5. The van der Waals surface area contributed by atoms with E-state index in [1.54, 1.807) is 12.4 Å². The summed E-state index contributed by atoms with van der Waals surface area (Å²) in [4.78, 5) is 7.70. The summed E-state index contributed by atoms with van der Waals surface area (Å²) >= 11 is 5.85. The molecule has 0 bridgehead atoms. The van der Waals surface area contributed by atoms with Crippen molar-refractivity contribution >= 4 is 21.6 Å². The molecule has 0 saturated carbocycles. The molecular weight excluding hydrogens is 286 g/mol. The molecule has 0 atom stereocenters. The average Bonchev–Trinajstić information content (AvgIpc) is 2.38. The highest BCUT2D eigenvalue weighted by Crippen LogP contribution is 2.19. The zero-order valence-corrected chi connectivity index (χ0v) is 11.7. The minimum Gasteiger partial charge on any atom is -0.264 e. The van der Waals surface area contributed by atoms with Crippen LogP contribution in [-0.2, 0) is 16.6 Å². The highest BCUT2D eigenvalue weighted by atomic mass is 35.5. The lowest BCUT2D eigenvalue weighted by atomic mass is 10.2. The van der Waals surface area contributed by atoms with Gasteiger partial charge in [0.2, 0.25) is 10.0 Å². The summed E-state index contributed by atoms with van der Waals surface area (Å²) in [6, 6.07) is 3.26. The van der Waals surface area contributed by atoms with Crippen LogP contribution in [0.5, 0.6) is 0 Å². The zero-order valence-electron chi connectivity index (χ0n) is 10.2. The molecule has 2 rings (SSSR count). The molecule has 0 saturated heterocycles. The van der Waals surface area contributed by atoms with Crippen LogP contribution in [-0.4, -0.2) is 18.4 Å². The van der Waals surface area contributed by atoms with Gasteiger partial charge in [-0.3, -0.25) is 9.97 Å². The largest absolute Gasteiger partial charge is 0.264 e. The van der Waals surface area contributed by atoms with Gasteiger partial charge >= 0.3 is 0 Å². The van der Waals surface area contributed by atoms with Gasteiger partial charge in [-0.25, -0.2) is 13.1 Å². The van der Waals surface area contributed by atoms with E-state index < -0.39 is 10.0 Å². The second-order valence-corrected chi connectivity index (χ2v) is 6.08. The summed E-state index contributed by atoms with van der Waals surface area (Å²) in [5, 5.41) is 0.144. The van der Waals surface area contributed by atoms with Crippen LogP contribution in [0, 0.1) is 6.92 Å². The molecule has 2 aromatic rings. The maximum atomic E-state index is 12.1. The third-order valence-electron chi connectivity index (χ3n) is 2.62. The molecule has 0 fully saturated rings. The maximum absolute atomic E-state index is 12.1. The third kappa shape index (κ3) is 3.28. The Labute approximate surface area is 116 Å². The van der Waals surface area contributed by atoms with Crippen molar-refractivity contribution in [1.82, 2.24) is 14.7 Å². The van der Waals surface area contributed by atoms with Gasteiger partial charge in [0.05, 0.1) is 5.02 Å². The van der Waals surface area contributed by atoms with E-state index >= 15 is 0 Å². The standard InChI is InChI=1S/C12H12ClN3O2S/c1-9-2-4-14-6-10(9)7-16-19(17,18)12-8-15-5-3-11(12)13/h2-6,8,16H,7H2,1H3. The third-order valence-corrected chi connectivity index (χ3v) is 4.49. The number of aryl methyl sites for hydroxylation is 1. The summed E-state index contributed by atoms with van der Waals surface area (Å²) in [5.74, 6) is 0. The van der Waals surface area contributed by atoms with Crippen molar-refractivity contribution in [3.8, 4) is 0 Å². The first-order valence-electron chi connectivity index (χ1n) is 5.49. The van der Waals surface area contributed by atoms with Gasteiger partial charge in [-0.1, -0.05) is 11.6 Å². The van der Waals surface area contributed by atoms with Gasteiger partial charge in [-0.2, -0.15) is 0 Å². The molecule has 100 valence electrons. The zero-order chi connectivity index (χ0) is 13.9. The van der Waals surface area contributed by atoms with Crippen molar-refractivity contribution in [3.05, 3.63) is 53.1 Å². The molecule has 2 heterocycles. The molecule has 1 N–H and O–H groups in total. The van der Waals surface area contributed by atoms with E-state index in [-0.39, 0.29) is 16.5 Å². The molecule has 5 nitrogen and oxygen atoms in total. The lowest BCUT2D eigenvalue weighted by molar-refractivity contribution is 0.580. The molecule has 0 unspecified atom stereocenters. The number of nitrogens with one attached hydrogen (secondary N) is 1. The first-order chi connectivity index (χ1) is 9.00. The molecule has 0 amide bonds. The molecular formula is C12H12ClN3O2S. The van der Waals surface area contributed by atoms with Crippen LogP contribution in [0.25, 0.3) is 0 Å². The topological polar surface area (TPSA) is 72.0 Å². The molecule has 7 heteroatoms. The molecule has 0 radical (unpaired) electrons. The Balaban J connectivity index is 2.20. The van der Waals surface area contributed by atoms with Crippen molar-refractivity contribution < 1.29 is 8.42 Å². The average molecular weight is 298 g/mol. The molecule has 2 aromatic heterocycles. The van der Waals surface area contributed by atoms with Gasteiger partial charge in [-0.05, 0) is 30.2 Å². The predicted octanol–water partition coefficient (Wildman–Crippen LogP) is 1.92. The Morgan fingerprint density at radius 2 is 1.89 bits per heavy atom. The SMILES string of the molecule is Cc1ccncc1CNS(=O)(=O)c1cnccc1Cl. The second kappa shape index (κ2) is 5.64. The van der Waals surface area contributed by atoms with E-state index in [0.717, 1.165) is 11.1 Å². The molecule has 0 spiro atoms. The fourth-order valence-electron chi connectivity index (χ4n) is 1.49. The number of rotatable bonds is 4. The molecule has 0 aliphatic heterocycles. The molecule has 0 aliphatic carbocycles. The van der Waals surface area contributed by atoms with Gasteiger partial charge in [0.25, 0.3) is 0 Å². The summed E-state index contributed by atoms with van der Waals surface area (Å²) in [5.41, 5.74) is 1.78. The Morgan fingerprint density at radius 3 is 2.58 bits per heavy atom.